The molecule has 0 bridgehead atoms. The fourth-order valence-electron chi connectivity index (χ4n) is 2.38. The average molecular weight is 299 g/mol. The molecule has 0 unspecified atom stereocenters. The standard InChI is InChI=1S/C17H21N3O2/c1-12-6-8-13(9-7-12)20-10-4-5-14(15(20)21)19-16(22)17(2,3)11-18/h6-9,14H,4-5,10H2,1-3H3,(H,19,22)/t14-/m0/s1. The smallest absolute Gasteiger partial charge is 0.249 e. The van der Waals surface area contributed by atoms with Gasteiger partial charge in [-0.15, -0.1) is 0 Å². The molecule has 0 saturated carbocycles. The van der Waals surface area contributed by atoms with Crippen molar-refractivity contribution in [1.82, 2.24) is 5.32 Å². The van der Waals surface area contributed by atoms with Crippen LogP contribution in [0.1, 0.15) is 32.3 Å². The lowest BCUT2D eigenvalue weighted by Crippen LogP contribution is -2.54. The third-order valence-corrected chi connectivity index (χ3v) is 3.94. The van der Waals surface area contributed by atoms with Crippen molar-refractivity contribution < 1.29 is 9.59 Å². The van der Waals surface area contributed by atoms with Crippen molar-refractivity contribution in [2.24, 2.45) is 5.41 Å². The van der Waals surface area contributed by atoms with E-state index in [1.54, 1.807) is 18.7 Å². The second-order valence-electron chi connectivity index (χ2n) is 6.23. The Bertz CT molecular complexity index is 614. The molecule has 1 atom stereocenters. The van der Waals surface area contributed by atoms with Gasteiger partial charge in [0.1, 0.15) is 11.5 Å². The van der Waals surface area contributed by atoms with Gasteiger partial charge in [-0.2, -0.15) is 5.26 Å². The number of rotatable bonds is 3. The number of nitrogens with zero attached hydrogens (tertiary/aromatic N) is 2. The van der Waals surface area contributed by atoms with Gasteiger partial charge in [0.15, 0.2) is 0 Å². The summed E-state index contributed by atoms with van der Waals surface area (Å²) < 4.78 is 0. The summed E-state index contributed by atoms with van der Waals surface area (Å²) >= 11 is 0. The number of carbonyl (C=O) groups is 2. The molecule has 1 N–H and O–H groups in total. The maximum atomic E-state index is 12.6. The van der Waals surface area contributed by atoms with E-state index in [-0.39, 0.29) is 5.91 Å². The van der Waals surface area contributed by atoms with Gasteiger partial charge in [0.05, 0.1) is 6.07 Å². The first-order chi connectivity index (χ1) is 10.3. The number of carbonyl (C=O) groups excluding carboxylic acids is 2. The van der Waals surface area contributed by atoms with Gasteiger partial charge < -0.3 is 10.2 Å². The van der Waals surface area contributed by atoms with Crippen LogP contribution in [0.5, 0.6) is 0 Å². The minimum absolute atomic E-state index is 0.114. The van der Waals surface area contributed by atoms with E-state index in [2.05, 4.69) is 5.32 Å². The Labute approximate surface area is 130 Å². The third kappa shape index (κ3) is 3.28. The van der Waals surface area contributed by atoms with E-state index in [1.807, 2.05) is 37.3 Å². The van der Waals surface area contributed by atoms with Gasteiger partial charge in [-0.1, -0.05) is 17.7 Å². The number of amides is 2. The van der Waals surface area contributed by atoms with E-state index in [9.17, 15) is 9.59 Å². The Morgan fingerprint density at radius 1 is 1.36 bits per heavy atom. The predicted octanol–water partition coefficient (Wildman–Crippen LogP) is 2.16. The fourth-order valence-corrected chi connectivity index (χ4v) is 2.38. The van der Waals surface area contributed by atoms with Crippen LogP contribution in [0.25, 0.3) is 0 Å². The number of anilines is 1. The Balaban J connectivity index is 2.12. The maximum Gasteiger partial charge on any atom is 0.249 e. The van der Waals surface area contributed by atoms with Crippen LogP contribution in [0, 0.1) is 23.7 Å². The summed E-state index contributed by atoms with van der Waals surface area (Å²) in [6.45, 7) is 5.74. The Morgan fingerprint density at radius 2 is 2.00 bits per heavy atom. The van der Waals surface area contributed by atoms with Gasteiger partial charge in [-0.05, 0) is 45.7 Å². The quantitative estimate of drug-likeness (QED) is 0.929. The molecule has 22 heavy (non-hydrogen) atoms. The van der Waals surface area contributed by atoms with Gasteiger partial charge in [-0.25, -0.2) is 0 Å². The van der Waals surface area contributed by atoms with Crippen LogP contribution >= 0.6 is 0 Å². The summed E-state index contributed by atoms with van der Waals surface area (Å²) in [6.07, 6.45) is 1.42. The number of benzene rings is 1. The molecule has 1 aliphatic rings. The van der Waals surface area contributed by atoms with Crippen molar-refractivity contribution in [2.75, 3.05) is 11.4 Å². The summed E-state index contributed by atoms with van der Waals surface area (Å²) in [5.74, 6) is -0.517. The van der Waals surface area contributed by atoms with E-state index in [0.717, 1.165) is 17.7 Å². The second-order valence-corrected chi connectivity index (χ2v) is 6.23. The summed E-state index contributed by atoms with van der Waals surface area (Å²) in [7, 11) is 0. The highest BCUT2D eigenvalue weighted by Gasteiger charge is 2.35. The third-order valence-electron chi connectivity index (χ3n) is 3.94. The largest absolute Gasteiger partial charge is 0.343 e. The second kappa shape index (κ2) is 6.18. The number of nitriles is 1. The molecule has 1 heterocycles. The molecule has 1 fully saturated rings. The van der Waals surface area contributed by atoms with Gasteiger partial charge in [-0.3, -0.25) is 9.59 Å². The number of hydrogen-bond acceptors (Lipinski definition) is 3. The van der Waals surface area contributed by atoms with Crippen LogP contribution in [-0.2, 0) is 9.59 Å². The lowest BCUT2D eigenvalue weighted by atomic mass is 9.93. The zero-order chi connectivity index (χ0) is 16.3. The zero-order valence-electron chi connectivity index (χ0n) is 13.2. The maximum absolute atomic E-state index is 12.6. The molecule has 1 aromatic carbocycles. The minimum Gasteiger partial charge on any atom is -0.343 e. The first kappa shape index (κ1) is 16.0. The monoisotopic (exact) mass is 299 g/mol. The van der Waals surface area contributed by atoms with Crippen molar-refractivity contribution in [3.8, 4) is 6.07 Å². The summed E-state index contributed by atoms with van der Waals surface area (Å²) in [5, 5.41) is 11.7. The molecule has 1 saturated heterocycles. The topological polar surface area (TPSA) is 73.2 Å². The van der Waals surface area contributed by atoms with Gasteiger partial charge in [0.2, 0.25) is 11.8 Å². The van der Waals surface area contributed by atoms with Crippen LogP contribution < -0.4 is 10.2 Å². The van der Waals surface area contributed by atoms with Crippen molar-refractivity contribution in [3.63, 3.8) is 0 Å². The highest BCUT2D eigenvalue weighted by Crippen LogP contribution is 2.22. The normalized spacial score (nSPS) is 18.7. The van der Waals surface area contributed by atoms with Crippen molar-refractivity contribution >= 4 is 17.5 Å². The summed E-state index contributed by atoms with van der Waals surface area (Å²) in [4.78, 5) is 26.4. The van der Waals surface area contributed by atoms with E-state index in [1.165, 1.54) is 0 Å². The molecule has 5 nitrogen and oxygen atoms in total. The van der Waals surface area contributed by atoms with Gasteiger partial charge >= 0.3 is 0 Å². The van der Waals surface area contributed by atoms with Crippen molar-refractivity contribution in [2.45, 2.75) is 39.7 Å². The zero-order valence-corrected chi connectivity index (χ0v) is 13.2. The van der Waals surface area contributed by atoms with Crippen molar-refractivity contribution in [3.05, 3.63) is 29.8 Å². The van der Waals surface area contributed by atoms with Crippen LogP contribution in [-0.4, -0.2) is 24.4 Å². The molecule has 0 aromatic heterocycles. The van der Waals surface area contributed by atoms with E-state index >= 15 is 0 Å². The molecular weight excluding hydrogens is 278 g/mol. The van der Waals surface area contributed by atoms with Crippen LogP contribution in [0.4, 0.5) is 5.69 Å². The number of aryl methyl sites for hydroxylation is 1. The van der Waals surface area contributed by atoms with Gasteiger partial charge in [0.25, 0.3) is 0 Å². The molecule has 2 amide bonds. The lowest BCUT2D eigenvalue weighted by molar-refractivity contribution is -0.132. The number of nitrogens with one attached hydrogen (secondary N) is 1. The SMILES string of the molecule is Cc1ccc(N2CCC[C@H](NC(=O)C(C)(C)C#N)C2=O)cc1. The van der Waals surface area contributed by atoms with E-state index in [4.69, 9.17) is 5.26 Å². The molecule has 116 valence electrons. The summed E-state index contributed by atoms with van der Waals surface area (Å²) in [5.41, 5.74) is 0.842. The Kier molecular flexibility index (Phi) is 4.51. The first-order valence-electron chi connectivity index (χ1n) is 7.45. The molecule has 1 aromatic rings. The fraction of sp³-hybridized carbons (Fsp3) is 0.471. The number of piperidine rings is 1. The highest BCUT2D eigenvalue weighted by molar-refractivity contribution is 6.00. The minimum atomic E-state index is -1.13. The highest BCUT2D eigenvalue weighted by atomic mass is 16.2. The molecule has 0 radical (unpaired) electrons. The molecule has 0 aliphatic carbocycles. The molecule has 1 aliphatic heterocycles. The molecule has 0 spiro atoms. The lowest BCUT2D eigenvalue weighted by Gasteiger charge is -2.33. The van der Waals surface area contributed by atoms with Crippen LogP contribution in [0.2, 0.25) is 0 Å². The molecular formula is C17H21N3O2. The first-order valence-corrected chi connectivity index (χ1v) is 7.45. The Hall–Kier alpha value is -2.35. The Morgan fingerprint density at radius 3 is 2.59 bits per heavy atom. The number of hydrogen-bond donors (Lipinski definition) is 1. The average Bonchev–Trinajstić information content (AvgIpc) is 2.50. The molecule has 5 heteroatoms. The van der Waals surface area contributed by atoms with Crippen LogP contribution in [0.3, 0.4) is 0 Å². The van der Waals surface area contributed by atoms with Crippen molar-refractivity contribution in [1.29, 1.82) is 5.26 Å². The molecule has 2 rings (SSSR count). The summed E-state index contributed by atoms with van der Waals surface area (Å²) in [6, 6.07) is 9.15. The predicted molar refractivity (Wildman–Crippen MR) is 84.1 cm³/mol. The van der Waals surface area contributed by atoms with E-state index < -0.39 is 17.4 Å². The van der Waals surface area contributed by atoms with E-state index in [0.29, 0.717) is 13.0 Å². The van der Waals surface area contributed by atoms with Gasteiger partial charge in [0, 0.05) is 12.2 Å². The van der Waals surface area contributed by atoms with Crippen LogP contribution in [0.15, 0.2) is 24.3 Å².